The summed E-state index contributed by atoms with van der Waals surface area (Å²) in [7, 11) is 0.931. The quantitative estimate of drug-likeness (QED) is 0.368. The van der Waals surface area contributed by atoms with Crippen LogP contribution in [0, 0.1) is 0 Å². The minimum absolute atomic E-state index is 0. The van der Waals surface area contributed by atoms with Gasteiger partial charge in [-0.2, -0.15) is 11.8 Å². The Bertz CT molecular complexity index is 493. The monoisotopic (exact) mass is 467 g/mol. The SMILES string of the molecule is CN=C(NCCS(=O)Cc1ccccc1)NCC1CCCS1.I. The molecule has 0 radical (unpaired) electrons. The Morgan fingerprint density at radius 1 is 1.35 bits per heavy atom. The molecule has 0 aromatic heterocycles. The van der Waals surface area contributed by atoms with Crippen LogP contribution in [0.1, 0.15) is 18.4 Å². The highest BCUT2D eigenvalue weighted by Crippen LogP contribution is 2.25. The maximum absolute atomic E-state index is 12.1. The summed E-state index contributed by atoms with van der Waals surface area (Å²) >= 11 is 2.03. The zero-order valence-electron chi connectivity index (χ0n) is 13.5. The molecule has 0 spiro atoms. The van der Waals surface area contributed by atoms with Crippen molar-refractivity contribution in [3.05, 3.63) is 35.9 Å². The van der Waals surface area contributed by atoms with Gasteiger partial charge < -0.3 is 10.6 Å². The van der Waals surface area contributed by atoms with Crippen LogP contribution in [0.5, 0.6) is 0 Å². The maximum atomic E-state index is 12.1. The van der Waals surface area contributed by atoms with E-state index in [1.54, 1.807) is 7.05 Å². The van der Waals surface area contributed by atoms with Gasteiger partial charge in [0.2, 0.25) is 0 Å². The average molecular weight is 467 g/mol. The highest BCUT2D eigenvalue weighted by atomic mass is 127. The summed E-state index contributed by atoms with van der Waals surface area (Å²) < 4.78 is 12.1. The molecular weight excluding hydrogens is 441 g/mol. The number of hydrogen-bond donors (Lipinski definition) is 2. The highest BCUT2D eigenvalue weighted by molar-refractivity contribution is 14.0. The topological polar surface area (TPSA) is 53.5 Å². The van der Waals surface area contributed by atoms with Crippen molar-refractivity contribution in [2.45, 2.75) is 23.8 Å². The summed E-state index contributed by atoms with van der Waals surface area (Å²) in [6.07, 6.45) is 2.61. The second-order valence-electron chi connectivity index (χ2n) is 5.29. The third kappa shape index (κ3) is 8.39. The lowest BCUT2D eigenvalue weighted by Gasteiger charge is -2.14. The van der Waals surface area contributed by atoms with Gasteiger partial charge in [-0.15, -0.1) is 24.0 Å². The number of nitrogens with one attached hydrogen (secondary N) is 2. The van der Waals surface area contributed by atoms with E-state index in [-0.39, 0.29) is 24.0 Å². The smallest absolute Gasteiger partial charge is 0.191 e. The van der Waals surface area contributed by atoms with Gasteiger partial charge in [-0.3, -0.25) is 9.20 Å². The standard InChI is InChI=1S/C16H25N3OS2.HI/c1-17-16(19-12-15-8-5-10-21-15)18-9-11-22(20)13-14-6-3-2-4-7-14;/h2-4,6-7,15H,5,8-13H2,1H3,(H2,17,18,19);1H. The molecule has 130 valence electrons. The van der Waals surface area contributed by atoms with Crippen molar-refractivity contribution >= 4 is 52.5 Å². The Kier molecular flexibility index (Phi) is 11.0. The Morgan fingerprint density at radius 2 is 2.13 bits per heavy atom. The first-order chi connectivity index (χ1) is 10.8. The zero-order chi connectivity index (χ0) is 15.6. The van der Waals surface area contributed by atoms with Crippen LogP contribution in [-0.2, 0) is 16.6 Å². The van der Waals surface area contributed by atoms with Crippen molar-refractivity contribution in [3.8, 4) is 0 Å². The predicted octanol–water partition coefficient (Wildman–Crippen LogP) is 2.61. The van der Waals surface area contributed by atoms with Crippen LogP contribution in [0.15, 0.2) is 35.3 Å². The number of benzene rings is 1. The number of rotatable bonds is 7. The second-order valence-corrected chi connectivity index (χ2v) is 8.27. The van der Waals surface area contributed by atoms with E-state index in [9.17, 15) is 4.21 Å². The Balaban J connectivity index is 0.00000264. The minimum atomic E-state index is -0.845. The number of nitrogens with zero attached hydrogens (tertiary/aromatic N) is 1. The van der Waals surface area contributed by atoms with Gasteiger partial charge in [0, 0.05) is 47.7 Å². The van der Waals surface area contributed by atoms with Crippen LogP contribution < -0.4 is 10.6 Å². The van der Waals surface area contributed by atoms with Crippen molar-refractivity contribution in [3.63, 3.8) is 0 Å². The molecule has 23 heavy (non-hydrogen) atoms. The van der Waals surface area contributed by atoms with Crippen molar-refractivity contribution < 1.29 is 4.21 Å². The first-order valence-electron chi connectivity index (χ1n) is 7.73. The molecule has 0 saturated carbocycles. The van der Waals surface area contributed by atoms with E-state index < -0.39 is 10.8 Å². The van der Waals surface area contributed by atoms with Crippen molar-refractivity contribution in [2.24, 2.45) is 4.99 Å². The first-order valence-corrected chi connectivity index (χ1v) is 10.3. The van der Waals surface area contributed by atoms with Crippen molar-refractivity contribution in [1.82, 2.24) is 10.6 Å². The predicted molar refractivity (Wildman–Crippen MR) is 113 cm³/mol. The number of guanidine groups is 1. The molecule has 1 fully saturated rings. The third-order valence-electron chi connectivity index (χ3n) is 3.54. The van der Waals surface area contributed by atoms with Crippen LogP contribution in [0.3, 0.4) is 0 Å². The first kappa shape index (κ1) is 20.8. The molecule has 2 atom stereocenters. The lowest BCUT2D eigenvalue weighted by atomic mass is 10.2. The molecule has 7 heteroatoms. The fraction of sp³-hybridized carbons (Fsp3) is 0.562. The molecule has 1 heterocycles. The van der Waals surface area contributed by atoms with Crippen LogP contribution in [0.4, 0.5) is 0 Å². The van der Waals surface area contributed by atoms with Gasteiger partial charge in [-0.1, -0.05) is 30.3 Å². The van der Waals surface area contributed by atoms with E-state index in [4.69, 9.17) is 0 Å². The van der Waals surface area contributed by atoms with E-state index in [0.29, 0.717) is 23.3 Å². The number of aliphatic imine (C=N–C) groups is 1. The number of hydrogen-bond acceptors (Lipinski definition) is 3. The van der Waals surface area contributed by atoms with Gasteiger partial charge in [0.05, 0.1) is 0 Å². The molecule has 1 aromatic carbocycles. The normalized spacial score (nSPS) is 19.0. The van der Waals surface area contributed by atoms with Crippen molar-refractivity contribution in [2.75, 3.05) is 31.6 Å². The summed E-state index contributed by atoms with van der Waals surface area (Å²) in [5.74, 6) is 3.34. The fourth-order valence-corrected chi connectivity index (χ4v) is 4.59. The largest absolute Gasteiger partial charge is 0.355 e. The molecular formula is C16H26IN3OS2. The Morgan fingerprint density at radius 3 is 2.78 bits per heavy atom. The summed E-state index contributed by atoms with van der Waals surface area (Å²) in [5, 5.41) is 7.30. The lowest BCUT2D eigenvalue weighted by Crippen LogP contribution is -2.41. The van der Waals surface area contributed by atoms with Crippen LogP contribution in [0.25, 0.3) is 0 Å². The van der Waals surface area contributed by atoms with Crippen LogP contribution in [0.2, 0.25) is 0 Å². The molecule has 2 rings (SSSR count). The maximum Gasteiger partial charge on any atom is 0.191 e. The summed E-state index contributed by atoms with van der Waals surface area (Å²) in [5.41, 5.74) is 1.13. The molecule has 2 N–H and O–H groups in total. The molecule has 0 aliphatic carbocycles. The fourth-order valence-electron chi connectivity index (χ4n) is 2.35. The van der Waals surface area contributed by atoms with E-state index >= 15 is 0 Å². The Hall–Kier alpha value is -0.280. The lowest BCUT2D eigenvalue weighted by molar-refractivity contribution is 0.680. The second kappa shape index (κ2) is 12.1. The average Bonchev–Trinajstić information content (AvgIpc) is 3.05. The number of halogens is 1. The number of thioether (sulfide) groups is 1. The van der Waals surface area contributed by atoms with E-state index in [1.165, 1.54) is 18.6 Å². The molecule has 1 aliphatic rings. The molecule has 0 bridgehead atoms. The molecule has 1 aromatic rings. The van der Waals surface area contributed by atoms with Gasteiger partial charge in [0.1, 0.15) is 0 Å². The van der Waals surface area contributed by atoms with Crippen LogP contribution >= 0.6 is 35.7 Å². The zero-order valence-corrected chi connectivity index (χ0v) is 17.5. The Labute approximate surface area is 163 Å². The van der Waals surface area contributed by atoms with Gasteiger partial charge in [-0.25, -0.2) is 0 Å². The summed E-state index contributed by atoms with van der Waals surface area (Å²) in [6.45, 7) is 1.63. The van der Waals surface area contributed by atoms with E-state index in [1.807, 2.05) is 42.1 Å². The summed E-state index contributed by atoms with van der Waals surface area (Å²) in [6, 6.07) is 9.98. The van der Waals surface area contributed by atoms with Gasteiger partial charge in [0.25, 0.3) is 0 Å². The van der Waals surface area contributed by atoms with Gasteiger partial charge in [-0.05, 0) is 24.2 Å². The minimum Gasteiger partial charge on any atom is -0.355 e. The molecule has 4 nitrogen and oxygen atoms in total. The molecule has 0 amide bonds. The van der Waals surface area contributed by atoms with Crippen molar-refractivity contribution in [1.29, 1.82) is 0 Å². The summed E-state index contributed by atoms with van der Waals surface area (Å²) in [4.78, 5) is 4.22. The molecule has 1 aliphatic heterocycles. The van der Waals surface area contributed by atoms with Gasteiger partial charge >= 0.3 is 0 Å². The molecule has 2 unspecified atom stereocenters. The highest BCUT2D eigenvalue weighted by Gasteiger charge is 2.15. The third-order valence-corrected chi connectivity index (χ3v) is 6.25. The molecule has 1 saturated heterocycles. The van der Waals surface area contributed by atoms with Gasteiger partial charge in [0.15, 0.2) is 5.96 Å². The van der Waals surface area contributed by atoms with E-state index in [2.05, 4.69) is 15.6 Å². The van der Waals surface area contributed by atoms with Crippen LogP contribution in [-0.4, -0.2) is 47.1 Å². The van der Waals surface area contributed by atoms with E-state index in [0.717, 1.165) is 18.1 Å².